The van der Waals surface area contributed by atoms with Crippen LogP contribution >= 0.6 is 11.6 Å². The van der Waals surface area contributed by atoms with Crippen LogP contribution in [-0.2, 0) is 4.79 Å². The Morgan fingerprint density at radius 3 is 2.87 bits per heavy atom. The molecule has 1 amide bonds. The molecule has 1 heterocycles. The molecule has 23 heavy (non-hydrogen) atoms. The molecule has 0 bridgehead atoms. The maximum Gasteiger partial charge on any atom is 0.252 e. The molecule has 1 saturated carbocycles. The van der Waals surface area contributed by atoms with Crippen LogP contribution in [-0.4, -0.2) is 27.3 Å². The van der Waals surface area contributed by atoms with Gasteiger partial charge in [0.25, 0.3) is 5.89 Å². The van der Waals surface area contributed by atoms with E-state index in [0.717, 1.165) is 18.9 Å². The summed E-state index contributed by atoms with van der Waals surface area (Å²) in [5, 5.41) is 16.5. The van der Waals surface area contributed by atoms with Crippen molar-refractivity contribution in [3.05, 3.63) is 34.9 Å². The lowest BCUT2D eigenvalue weighted by molar-refractivity contribution is -0.124. The van der Waals surface area contributed by atoms with Crippen LogP contribution in [0.4, 0.5) is 4.39 Å². The fourth-order valence-corrected chi connectivity index (χ4v) is 2.40. The highest BCUT2D eigenvalue weighted by Gasteiger charge is 2.34. The van der Waals surface area contributed by atoms with Gasteiger partial charge in [0.05, 0.1) is 11.1 Å². The summed E-state index contributed by atoms with van der Waals surface area (Å²) in [5.74, 6) is -0.387. The van der Waals surface area contributed by atoms with Gasteiger partial charge in [-0.05, 0) is 38.0 Å². The van der Waals surface area contributed by atoms with Crippen molar-refractivity contribution in [2.45, 2.75) is 31.9 Å². The molecule has 122 valence electrons. The minimum absolute atomic E-state index is 0.00909. The predicted octanol–water partition coefficient (Wildman–Crippen LogP) is 2.48. The molecule has 0 aliphatic heterocycles. The molecule has 1 aromatic carbocycles. The van der Waals surface area contributed by atoms with Gasteiger partial charge >= 0.3 is 0 Å². The predicted molar refractivity (Wildman–Crippen MR) is 80.0 cm³/mol. The van der Waals surface area contributed by atoms with Crippen LogP contribution in [0.1, 0.15) is 31.7 Å². The monoisotopic (exact) mass is 339 g/mol. The maximum absolute atomic E-state index is 13.1. The number of hydrogen-bond donors (Lipinski definition) is 2. The highest BCUT2D eigenvalue weighted by atomic mass is 35.5. The Bertz CT molecular complexity index is 731. The molecule has 3 rings (SSSR count). The van der Waals surface area contributed by atoms with E-state index in [-0.39, 0.29) is 28.6 Å². The van der Waals surface area contributed by atoms with Crippen molar-refractivity contribution in [3.8, 4) is 11.4 Å². The number of nitrogens with one attached hydrogen (secondary N) is 1. The van der Waals surface area contributed by atoms with Gasteiger partial charge < -0.3 is 14.9 Å². The number of aromatic nitrogens is 2. The topological polar surface area (TPSA) is 88.2 Å². The summed E-state index contributed by atoms with van der Waals surface area (Å²) in [6.45, 7) is 1.52. The Morgan fingerprint density at radius 1 is 1.52 bits per heavy atom. The zero-order valence-electron chi connectivity index (χ0n) is 12.3. The number of hydrogen-bond acceptors (Lipinski definition) is 5. The van der Waals surface area contributed by atoms with E-state index in [0.29, 0.717) is 5.56 Å². The van der Waals surface area contributed by atoms with Crippen LogP contribution in [0, 0.1) is 11.7 Å². The minimum atomic E-state index is -0.908. The zero-order valence-corrected chi connectivity index (χ0v) is 13.0. The van der Waals surface area contributed by atoms with E-state index in [1.807, 2.05) is 0 Å². The Morgan fingerprint density at radius 2 is 2.26 bits per heavy atom. The summed E-state index contributed by atoms with van der Waals surface area (Å²) < 4.78 is 18.2. The summed E-state index contributed by atoms with van der Waals surface area (Å²) in [6, 6.07) is 3.02. The molecule has 0 saturated heterocycles. The number of rotatable bonds is 5. The van der Waals surface area contributed by atoms with Gasteiger partial charge in [0, 0.05) is 11.5 Å². The van der Waals surface area contributed by atoms with Crippen molar-refractivity contribution < 1.29 is 18.8 Å². The summed E-state index contributed by atoms with van der Waals surface area (Å²) in [7, 11) is 0. The number of carbonyl (C=O) groups is 1. The van der Waals surface area contributed by atoms with Crippen molar-refractivity contribution >= 4 is 17.5 Å². The van der Waals surface area contributed by atoms with Gasteiger partial charge in [0.1, 0.15) is 11.9 Å². The fraction of sp³-hybridized carbons (Fsp3) is 0.400. The Kier molecular flexibility index (Phi) is 4.32. The molecular formula is C15H15ClFN3O3. The molecule has 6 nitrogen and oxygen atoms in total. The molecule has 8 heteroatoms. The van der Waals surface area contributed by atoms with E-state index in [9.17, 15) is 14.3 Å². The number of amides is 1. The van der Waals surface area contributed by atoms with E-state index in [4.69, 9.17) is 16.1 Å². The van der Waals surface area contributed by atoms with Gasteiger partial charge in [0.15, 0.2) is 0 Å². The molecule has 0 spiro atoms. The molecule has 0 unspecified atom stereocenters. The van der Waals surface area contributed by atoms with E-state index < -0.39 is 18.0 Å². The number of nitrogens with zero attached hydrogens (tertiary/aromatic N) is 2. The lowest BCUT2D eigenvalue weighted by Crippen LogP contribution is -2.36. The van der Waals surface area contributed by atoms with Gasteiger partial charge in [-0.3, -0.25) is 4.79 Å². The molecular weight excluding hydrogens is 325 g/mol. The van der Waals surface area contributed by atoms with E-state index in [1.165, 1.54) is 19.1 Å². The standard InChI is InChI=1S/C15H15ClFN3O3/c1-7(21)12(18-14(22)8-2-3-8)15-19-13(20-23-15)10-5-4-9(17)6-11(10)16/h4-8,12,21H,2-3H2,1H3,(H,18,22)/t7-,12+/m0/s1. The van der Waals surface area contributed by atoms with Crippen LogP contribution < -0.4 is 5.32 Å². The molecule has 2 aromatic rings. The molecule has 1 aliphatic carbocycles. The van der Waals surface area contributed by atoms with E-state index >= 15 is 0 Å². The number of aliphatic hydroxyl groups is 1. The third kappa shape index (κ3) is 3.51. The van der Waals surface area contributed by atoms with Gasteiger partial charge in [-0.25, -0.2) is 4.39 Å². The lowest BCUT2D eigenvalue weighted by atomic mass is 10.1. The first-order valence-corrected chi connectivity index (χ1v) is 7.61. The summed E-state index contributed by atoms with van der Waals surface area (Å²) >= 11 is 5.97. The van der Waals surface area contributed by atoms with E-state index in [1.54, 1.807) is 0 Å². The average molecular weight is 340 g/mol. The van der Waals surface area contributed by atoms with Crippen LogP contribution in [0.3, 0.4) is 0 Å². The number of benzene rings is 1. The van der Waals surface area contributed by atoms with Gasteiger partial charge in [0.2, 0.25) is 11.7 Å². The highest BCUT2D eigenvalue weighted by Crippen LogP contribution is 2.31. The quantitative estimate of drug-likeness (QED) is 0.873. The van der Waals surface area contributed by atoms with Crippen molar-refractivity contribution in [1.29, 1.82) is 0 Å². The highest BCUT2D eigenvalue weighted by molar-refractivity contribution is 6.33. The summed E-state index contributed by atoms with van der Waals surface area (Å²) in [5.41, 5.74) is 0.404. The van der Waals surface area contributed by atoms with Crippen molar-refractivity contribution in [3.63, 3.8) is 0 Å². The summed E-state index contributed by atoms with van der Waals surface area (Å²) in [4.78, 5) is 16.1. The van der Waals surface area contributed by atoms with Gasteiger partial charge in [-0.15, -0.1) is 0 Å². The molecule has 2 N–H and O–H groups in total. The molecule has 1 aliphatic rings. The van der Waals surface area contributed by atoms with E-state index in [2.05, 4.69) is 15.5 Å². The first-order chi connectivity index (χ1) is 11.0. The SMILES string of the molecule is C[C@H](O)[C@@H](NC(=O)C1CC1)c1nc(-c2ccc(F)cc2Cl)no1. The fourth-order valence-electron chi connectivity index (χ4n) is 2.15. The molecule has 0 radical (unpaired) electrons. The van der Waals surface area contributed by atoms with Crippen molar-refractivity contribution in [2.75, 3.05) is 0 Å². The Labute approximate surface area is 136 Å². The normalized spacial score (nSPS) is 16.9. The zero-order chi connectivity index (χ0) is 16.6. The second kappa shape index (κ2) is 6.25. The van der Waals surface area contributed by atoms with Crippen molar-refractivity contribution in [1.82, 2.24) is 15.5 Å². The lowest BCUT2D eigenvalue weighted by Gasteiger charge is -2.17. The van der Waals surface area contributed by atoms with Gasteiger partial charge in [-0.2, -0.15) is 4.98 Å². The van der Waals surface area contributed by atoms with Crippen molar-refractivity contribution in [2.24, 2.45) is 5.92 Å². The largest absolute Gasteiger partial charge is 0.391 e. The molecule has 1 aromatic heterocycles. The van der Waals surface area contributed by atoms with Crippen LogP contribution in [0.15, 0.2) is 22.7 Å². The minimum Gasteiger partial charge on any atom is -0.391 e. The number of carbonyl (C=O) groups excluding carboxylic acids is 1. The Balaban J connectivity index is 1.84. The third-order valence-corrected chi connectivity index (χ3v) is 3.92. The first-order valence-electron chi connectivity index (χ1n) is 7.23. The van der Waals surface area contributed by atoms with Crippen LogP contribution in [0.5, 0.6) is 0 Å². The third-order valence-electron chi connectivity index (χ3n) is 3.61. The summed E-state index contributed by atoms with van der Waals surface area (Å²) in [6.07, 6.45) is 0.784. The Hall–Kier alpha value is -1.99. The van der Waals surface area contributed by atoms with Gasteiger partial charge in [-0.1, -0.05) is 16.8 Å². The molecule has 1 fully saturated rings. The number of aliphatic hydroxyl groups excluding tert-OH is 1. The number of halogens is 2. The maximum atomic E-state index is 13.1. The second-order valence-corrected chi connectivity index (χ2v) is 5.99. The first kappa shape index (κ1) is 15.9. The van der Waals surface area contributed by atoms with Crippen LogP contribution in [0.2, 0.25) is 5.02 Å². The smallest absolute Gasteiger partial charge is 0.252 e. The average Bonchev–Trinajstić information content (AvgIpc) is 3.23. The van der Waals surface area contributed by atoms with Crippen LogP contribution in [0.25, 0.3) is 11.4 Å². The molecule has 2 atom stereocenters. The second-order valence-electron chi connectivity index (χ2n) is 5.58.